The lowest BCUT2D eigenvalue weighted by molar-refractivity contribution is -0.137. The van der Waals surface area contributed by atoms with Gasteiger partial charge >= 0.3 is 6.18 Å². The lowest BCUT2D eigenvalue weighted by atomic mass is 10.2. The van der Waals surface area contributed by atoms with E-state index in [1.54, 1.807) is 47.0 Å². The van der Waals surface area contributed by atoms with Crippen LogP contribution in [0, 0.1) is 0 Å². The third-order valence-corrected chi connectivity index (χ3v) is 5.08. The molecule has 0 fully saturated rings. The molecule has 0 atom stereocenters. The number of aromatic nitrogens is 2. The highest BCUT2D eigenvalue weighted by Gasteiger charge is 2.30. The number of nitrogens with zero attached hydrogens (tertiary/aromatic N) is 3. The predicted octanol–water partition coefficient (Wildman–Crippen LogP) is 5.96. The van der Waals surface area contributed by atoms with Crippen LogP contribution >= 0.6 is 0 Å². The zero-order chi connectivity index (χ0) is 22.2. The Morgan fingerprint density at radius 3 is 2.32 bits per heavy atom. The van der Waals surface area contributed by atoms with E-state index in [1.165, 1.54) is 12.1 Å². The van der Waals surface area contributed by atoms with Crippen LogP contribution in [0.3, 0.4) is 0 Å². The molecule has 0 N–H and O–H groups in total. The average Bonchev–Trinajstić information content (AvgIpc) is 3.08. The van der Waals surface area contributed by atoms with Crippen molar-refractivity contribution >= 4 is 28.6 Å². The van der Waals surface area contributed by atoms with Crippen molar-refractivity contribution in [2.24, 2.45) is 7.05 Å². The maximum Gasteiger partial charge on any atom is 0.416 e. The maximum absolute atomic E-state index is 12.7. The number of alkyl halides is 3. The highest BCUT2D eigenvalue weighted by molar-refractivity contribution is 5.89. The van der Waals surface area contributed by atoms with Crippen LogP contribution in [0.2, 0.25) is 0 Å². The summed E-state index contributed by atoms with van der Waals surface area (Å²) in [5, 5.41) is 0.876. The van der Waals surface area contributed by atoms with Crippen LogP contribution in [0.25, 0.3) is 10.9 Å². The van der Waals surface area contributed by atoms with Gasteiger partial charge in [-0.25, -0.2) is 4.98 Å². The Bertz CT molecular complexity index is 1230. The topological polar surface area (TPSA) is 47.4 Å². The summed E-state index contributed by atoms with van der Waals surface area (Å²) in [6, 6.07) is 15.6. The number of benzene rings is 2. The van der Waals surface area contributed by atoms with Gasteiger partial charge in [0.2, 0.25) is 5.88 Å². The van der Waals surface area contributed by atoms with Crippen LogP contribution in [0.15, 0.2) is 66.9 Å². The van der Waals surface area contributed by atoms with Gasteiger partial charge < -0.3 is 14.2 Å². The number of aldehydes is 1. The van der Waals surface area contributed by atoms with Gasteiger partial charge in [0, 0.05) is 36.8 Å². The predicted molar refractivity (Wildman–Crippen MR) is 112 cm³/mol. The number of aryl methyl sites for hydroxylation is 1. The lowest BCUT2D eigenvalue weighted by Gasteiger charge is -2.20. The minimum Gasteiger partial charge on any atom is -0.439 e. The van der Waals surface area contributed by atoms with Crippen LogP contribution in [0.5, 0.6) is 11.6 Å². The minimum atomic E-state index is -4.37. The van der Waals surface area contributed by atoms with Crippen molar-refractivity contribution in [2.75, 3.05) is 11.9 Å². The quantitative estimate of drug-likeness (QED) is 0.370. The summed E-state index contributed by atoms with van der Waals surface area (Å²) in [5.74, 6) is 0.947. The first-order valence-electron chi connectivity index (χ1n) is 9.36. The van der Waals surface area contributed by atoms with Crippen LogP contribution in [0.1, 0.15) is 16.1 Å². The van der Waals surface area contributed by atoms with E-state index >= 15 is 0 Å². The third-order valence-electron chi connectivity index (χ3n) is 5.08. The van der Waals surface area contributed by atoms with Gasteiger partial charge in [0.25, 0.3) is 0 Å². The Morgan fingerprint density at radius 1 is 1.00 bits per heavy atom. The molecule has 2 aromatic carbocycles. The molecule has 0 saturated heterocycles. The van der Waals surface area contributed by atoms with Crippen LogP contribution in [0.4, 0.5) is 24.5 Å². The number of pyridine rings is 1. The summed E-state index contributed by atoms with van der Waals surface area (Å²) >= 11 is 0. The number of halogens is 3. The van der Waals surface area contributed by atoms with Gasteiger partial charge in [-0.15, -0.1) is 0 Å². The number of anilines is 2. The summed E-state index contributed by atoms with van der Waals surface area (Å²) in [7, 11) is 3.56. The Balaban J connectivity index is 1.50. The first kappa shape index (κ1) is 20.5. The van der Waals surface area contributed by atoms with Crippen molar-refractivity contribution in [3.63, 3.8) is 0 Å². The van der Waals surface area contributed by atoms with E-state index in [2.05, 4.69) is 4.98 Å². The van der Waals surface area contributed by atoms with Gasteiger partial charge in [0.1, 0.15) is 5.75 Å². The fourth-order valence-electron chi connectivity index (χ4n) is 3.30. The molecule has 0 amide bonds. The molecule has 0 spiro atoms. The molecule has 0 aliphatic carbocycles. The Hall–Kier alpha value is -3.81. The smallest absolute Gasteiger partial charge is 0.416 e. The number of carbonyl (C=O) groups excluding carboxylic acids is 1. The van der Waals surface area contributed by atoms with Gasteiger partial charge in [0.15, 0.2) is 6.29 Å². The number of rotatable bonds is 5. The second-order valence-electron chi connectivity index (χ2n) is 7.03. The second-order valence-corrected chi connectivity index (χ2v) is 7.03. The minimum absolute atomic E-state index is 0.371. The Morgan fingerprint density at radius 2 is 1.71 bits per heavy atom. The molecule has 0 radical (unpaired) electrons. The largest absolute Gasteiger partial charge is 0.439 e. The summed E-state index contributed by atoms with van der Waals surface area (Å²) in [6.45, 7) is 0. The van der Waals surface area contributed by atoms with E-state index in [4.69, 9.17) is 4.74 Å². The fraction of sp³-hybridized carbons (Fsp3) is 0.130. The van der Waals surface area contributed by atoms with Gasteiger partial charge in [0.05, 0.1) is 23.1 Å². The van der Waals surface area contributed by atoms with Crippen molar-refractivity contribution in [3.8, 4) is 11.6 Å². The van der Waals surface area contributed by atoms with E-state index in [-0.39, 0.29) is 0 Å². The average molecular weight is 425 g/mol. The molecule has 0 aliphatic rings. The van der Waals surface area contributed by atoms with Crippen molar-refractivity contribution in [2.45, 2.75) is 6.18 Å². The molecule has 4 rings (SSSR count). The normalized spacial score (nSPS) is 11.5. The number of ether oxygens (including phenoxy) is 1. The highest BCUT2D eigenvalue weighted by atomic mass is 19.4. The zero-order valence-corrected chi connectivity index (χ0v) is 16.7. The van der Waals surface area contributed by atoms with Crippen molar-refractivity contribution in [1.29, 1.82) is 0 Å². The standard InChI is InChI=1S/C23H18F3N3O2/c1-28(17-5-3-16(4-6-17)23(24,25)26)18-7-10-22(27-13-18)31-20-8-9-21-15(12-20)11-19(14-30)29(21)2/h3-14H,1-2H3. The molecule has 8 heteroatoms. The number of carbonyl (C=O) groups is 1. The Kier molecular flexibility index (Phi) is 5.14. The van der Waals surface area contributed by atoms with Gasteiger partial charge in [-0.3, -0.25) is 4.79 Å². The monoisotopic (exact) mass is 425 g/mol. The molecule has 2 heterocycles. The number of hydrogen-bond donors (Lipinski definition) is 0. The van der Waals surface area contributed by atoms with Crippen LogP contribution < -0.4 is 9.64 Å². The SMILES string of the molecule is CN(c1ccc(C(F)(F)F)cc1)c1ccc(Oc2ccc3c(c2)cc(C=O)n3C)nc1. The Labute approximate surface area is 176 Å². The number of fused-ring (bicyclic) bond motifs is 1. The van der Waals surface area contributed by atoms with E-state index in [0.717, 1.165) is 29.3 Å². The molecular weight excluding hydrogens is 407 g/mol. The first-order chi connectivity index (χ1) is 14.8. The van der Waals surface area contributed by atoms with Crippen molar-refractivity contribution < 1.29 is 22.7 Å². The molecule has 31 heavy (non-hydrogen) atoms. The van der Waals surface area contributed by atoms with Gasteiger partial charge in [-0.1, -0.05) is 0 Å². The molecule has 2 aromatic heterocycles. The highest BCUT2D eigenvalue weighted by Crippen LogP contribution is 2.32. The second kappa shape index (κ2) is 7.79. The molecule has 5 nitrogen and oxygen atoms in total. The van der Waals surface area contributed by atoms with Crippen molar-refractivity contribution in [3.05, 3.63) is 78.1 Å². The summed E-state index contributed by atoms with van der Waals surface area (Å²) in [6.07, 6.45) is -1.98. The van der Waals surface area contributed by atoms with Gasteiger partial charge in [-0.2, -0.15) is 13.2 Å². The van der Waals surface area contributed by atoms with E-state index in [9.17, 15) is 18.0 Å². The fourth-order valence-corrected chi connectivity index (χ4v) is 3.30. The zero-order valence-electron chi connectivity index (χ0n) is 16.7. The summed E-state index contributed by atoms with van der Waals surface area (Å²) in [4.78, 5) is 17.1. The van der Waals surface area contributed by atoms with E-state index < -0.39 is 11.7 Å². The maximum atomic E-state index is 12.7. The van der Waals surface area contributed by atoms with Crippen LogP contribution in [-0.4, -0.2) is 22.9 Å². The van der Waals surface area contributed by atoms with Gasteiger partial charge in [-0.05, 0) is 54.6 Å². The molecule has 0 bridgehead atoms. The first-order valence-corrected chi connectivity index (χ1v) is 9.36. The molecule has 0 saturated carbocycles. The molecule has 0 unspecified atom stereocenters. The molecular formula is C23H18F3N3O2. The van der Waals surface area contributed by atoms with E-state index in [1.807, 2.05) is 19.2 Å². The van der Waals surface area contributed by atoms with E-state index in [0.29, 0.717) is 28.7 Å². The molecule has 4 aromatic rings. The third kappa shape index (κ3) is 4.09. The van der Waals surface area contributed by atoms with Crippen LogP contribution in [-0.2, 0) is 13.2 Å². The molecule has 0 aliphatic heterocycles. The summed E-state index contributed by atoms with van der Waals surface area (Å²) in [5.41, 5.74) is 2.09. The summed E-state index contributed by atoms with van der Waals surface area (Å²) < 4.78 is 45.8. The van der Waals surface area contributed by atoms with Crippen molar-refractivity contribution in [1.82, 2.24) is 9.55 Å². The molecule has 158 valence electrons. The lowest BCUT2D eigenvalue weighted by Crippen LogP contribution is -2.11. The number of hydrogen-bond acceptors (Lipinski definition) is 4.